The van der Waals surface area contributed by atoms with Crippen LogP contribution in [0.5, 0.6) is 0 Å². The second-order valence-corrected chi connectivity index (χ2v) is 4.37. The third-order valence-electron chi connectivity index (χ3n) is 2.35. The van der Waals surface area contributed by atoms with Crippen LogP contribution in [-0.4, -0.2) is 60.7 Å². The molecule has 16 heavy (non-hydrogen) atoms. The van der Waals surface area contributed by atoms with Gasteiger partial charge in [0.15, 0.2) is 13.1 Å². The van der Waals surface area contributed by atoms with Crippen LogP contribution in [0.2, 0.25) is 0 Å². The molecule has 0 radical (unpaired) electrons. The molecule has 0 aromatic carbocycles. The Morgan fingerprint density at radius 3 is 1.69 bits per heavy atom. The molecule has 0 aliphatic heterocycles. The Hall–Kier alpha value is -0.360. The van der Waals surface area contributed by atoms with Crippen molar-refractivity contribution in [2.75, 3.05) is 46.3 Å². The molecule has 0 amide bonds. The standard InChI is InChI=1S/C7H27N9/c1-14(9)3-5-16(12,13)7-6-15(10,11)4-2-8/h2-13H2,1H3/q+2. The summed E-state index contributed by atoms with van der Waals surface area (Å²) < 4.78 is -0.316. The lowest BCUT2D eigenvalue weighted by Crippen LogP contribution is -2.70. The van der Waals surface area contributed by atoms with E-state index in [0.29, 0.717) is 39.3 Å². The summed E-state index contributed by atoms with van der Waals surface area (Å²) >= 11 is 0. The molecule has 0 unspecified atom stereocenters. The van der Waals surface area contributed by atoms with Gasteiger partial charge in [0.25, 0.3) is 0 Å². The average Bonchev–Trinajstić information content (AvgIpc) is 2.13. The molecule has 0 spiro atoms. The van der Waals surface area contributed by atoms with Crippen molar-refractivity contribution in [2.45, 2.75) is 0 Å². The average molecular weight is 237 g/mol. The first kappa shape index (κ1) is 15.6. The van der Waals surface area contributed by atoms with Crippen LogP contribution in [0.25, 0.3) is 0 Å². The predicted molar refractivity (Wildman–Crippen MR) is 62.6 cm³/mol. The van der Waals surface area contributed by atoms with E-state index in [1.807, 2.05) is 0 Å². The van der Waals surface area contributed by atoms with E-state index in [2.05, 4.69) is 0 Å². The van der Waals surface area contributed by atoms with Gasteiger partial charge in [-0.1, -0.05) is 0 Å². The van der Waals surface area contributed by atoms with Gasteiger partial charge in [-0.3, -0.25) is 5.84 Å². The smallest absolute Gasteiger partial charge is 0.167 e. The fourth-order valence-corrected chi connectivity index (χ4v) is 1.18. The van der Waals surface area contributed by atoms with Crippen LogP contribution in [0.4, 0.5) is 0 Å². The predicted octanol–water partition coefficient (Wildman–Crippen LogP) is -4.12. The van der Waals surface area contributed by atoms with Crippen LogP contribution < -0.4 is 34.9 Å². The van der Waals surface area contributed by atoms with Gasteiger partial charge in [0, 0.05) is 13.6 Å². The van der Waals surface area contributed by atoms with Gasteiger partial charge in [-0.25, -0.2) is 5.01 Å². The topological polar surface area (TPSA) is 159 Å². The number of rotatable bonds is 8. The van der Waals surface area contributed by atoms with Crippen molar-refractivity contribution in [1.82, 2.24) is 5.01 Å². The highest BCUT2D eigenvalue weighted by molar-refractivity contribution is 4.39. The number of hydrazine groups is 1. The molecular weight excluding hydrogens is 210 g/mol. The quantitative estimate of drug-likeness (QED) is 0.142. The Balaban J connectivity index is 3.97. The first-order valence-corrected chi connectivity index (χ1v) is 5.23. The van der Waals surface area contributed by atoms with Gasteiger partial charge < -0.3 is 5.73 Å². The minimum Gasteiger partial charge on any atom is -0.325 e. The number of nitrogens with two attached hydrogens (primary N) is 6. The monoisotopic (exact) mass is 237 g/mol. The Morgan fingerprint density at radius 2 is 1.31 bits per heavy atom. The molecule has 9 nitrogen and oxygen atoms in total. The zero-order chi connectivity index (χ0) is 12.8. The fraction of sp³-hybridized carbons (Fsp3) is 1.00. The van der Waals surface area contributed by atoms with Gasteiger partial charge in [0.05, 0.1) is 6.54 Å². The minimum atomic E-state index is -0.163. The van der Waals surface area contributed by atoms with E-state index >= 15 is 0 Å². The Bertz CT molecular complexity index is 190. The van der Waals surface area contributed by atoms with Crippen molar-refractivity contribution < 1.29 is 9.40 Å². The van der Waals surface area contributed by atoms with Crippen molar-refractivity contribution in [3.05, 3.63) is 0 Å². The van der Waals surface area contributed by atoms with E-state index in [1.165, 1.54) is 5.01 Å². The Morgan fingerprint density at radius 1 is 0.875 bits per heavy atom. The Kier molecular flexibility index (Phi) is 6.25. The summed E-state index contributed by atoms with van der Waals surface area (Å²) in [5.74, 6) is 28.7. The molecule has 0 aliphatic carbocycles. The molecule has 0 bridgehead atoms. The molecule has 0 aromatic rings. The van der Waals surface area contributed by atoms with Crippen LogP contribution in [0, 0.1) is 0 Å². The minimum absolute atomic E-state index is 0.152. The molecule has 12 N–H and O–H groups in total. The molecule has 0 atom stereocenters. The highest BCUT2D eigenvalue weighted by atomic mass is 15.8. The summed E-state index contributed by atoms with van der Waals surface area (Å²) in [6.45, 7) is 2.94. The number of nitrogens with zero attached hydrogens (tertiary/aromatic N) is 3. The maximum atomic E-state index is 5.85. The first-order chi connectivity index (χ1) is 7.18. The summed E-state index contributed by atoms with van der Waals surface area (Å²) in [5.41, 5.74) is 5.39. The molecular formula is C7H27N9+2. The van der Waals surface area contributed by atoms with Gasteiger partial charge in [-0.15, -0.1) is 0 Å². The second kappa shape index (κ2) is 6.39. The molecule has 0 heterocycles. The van der Waals surface area contributed by atoms with Gasteiger partial charge in [-0.05, 0) is 0 Å². The lowest BCUT2D eigenvalue weighted by atomic mass is 10.4. The van der Waals surface area contributed by atoms with E-state index in [-0.39, 0.29) is 9.40 Å². The molecule has 0 saturated heterocycles. The normalized spacial score (nSPS) is 13.5. The fourth-order valence-electron chi connectivity index (χ4n) is 1.18. The maximum absolute atomic E-state index is 5.85. The third kappa shape index (κ3) is 7.87. The van der Waals surface area contributed by atoms with Crippen molar-refractivity contribution in [3.8, 4) is 0 Å². The molecule has 0 rings (SSSR count). The second-order valence-electron chi connectivity index (χ2n) is 4.37. The van der Waals surface area contributed by atoms with Gasteiger partial charge in [-0.2, -0.15) is 32.8 Å². The molecule has 0 aromatic heterocycles. The maximum Gasteiger partial charge on any atom is 0.167 e. The first-order valence-electron chi connectivity index (χ1n) is 5.23. The summed E-state index contributed by atoms with van der Waals surface area (Å²) in [5, 5.41) is 1.53. The van der Waals surface area contributed by atoms with Gasteiger partial charge >= 0.3 is 0 Å². The number of hydrogen-bond donors (Lipinski definition) is 6. The molecule has 0 aliphatic rings. The van der Waals surface area contributed by atoms with Crippen LogP contribution >= 0.6 is 0 Å². The van der Waals surface area contributed by atoms with E-state index in [9.17, 15) is 0 Å². The van der Waals surface area contributed by atoms with Crippen molar-refractivity contribution in [1.29, 1.82) is 0 Å². The van der Waals surface area contributed by atoms with Gasteiger partial charge in [0.2, 0.25) is 0 Å². The van der Waals surface area contributed by atoms with Crippen LogP contribution in [0.15, 0.2) is 0 Å². The van der Waals surface area contributed by atoms with E-state index in [4.69, 9.17) is 34.9 Å². The molecule has 98 valence electrons. The zero-order valence-corrected chi connectivity index (χ0v) is 10.0. The number of hydrogen-bond acceptors (Lipinski definition) is 7. The molecule has 9 heteroatoms. The lowest BCUT2D eigenvalue weighted by Gasteiger charge is -2.31. The SMILES string of the molecule is CN(N)CC[N+](N)(N)CC[N+](N)(N)CCN. The third-order valence-corrected chi connectivity index (χ3v) is 2.35. The largest absolute Gasteiger partial charge is 0.325 e. The van der Waals surface area contributed by atoms with E-state index in [0.717, 1.165) is 0 Å². The summed E-state index contributed by atoms with van der Waals surface area (Å²) in [6, 6.07) is 0. The summed E-state index contributed by atoms with van der Waals surface area (Å²) in [4.78, 5) is 0. The van der Waals surface area contributed by atoms with Crippen LogP contribution in [0.3, 0.4) is 0 Å². The zero-order valence-electron chi connectivity index (χ0n) is 10.0. The van der Waals surface area contributed by atoms with E-state index in [1.54, 1.807) is 7.05 Å². The van der Waals surface area contributed by atoms with Crippen LogP contribution in [-0.2, 0) is 0 Å². The summed E-state index contributed by atoms with van der Waals surface area (Å²) in [6.07, 6.45) is 0. The highest BCUT2D eigenvalue weighted by Crippen LogP contribution is 1.92. The van der Waals surface area contributed by atoms with Crippen molar-refractivity contribution in [2.24, 2.45) is 34.9 Å². The molecule has 0 fully saturated rings. The van der Waals surface area contributed by atoms with Crippen molar-refractivity contribution in [3.63, 3.8) is 0 Å². The number of likely N-dealkylation sites (N-methyl/N-ethyl adjacent to an activating group) is 1. The molecule has 0 saturated carbocycles. The van der Waals surface area contributed by atoms with E-state index < -0.39 is 0 Å². The Labute approximate surface area is 96.5 Å². The van der Waals surface area contributed by atoms with Crippen molar-refractivity contribution >= 4 is 0 Å². The number of quaternary nitrogens is 2. The van der Waals surface area contributed by atoms with Gasteiger partial charge in [0.1, 0.15) is 13.1 Å². The summed E-state index contributed by atoms with van der Waals surface area (Å²) in [7, 11) is 1.75. The lowest BCUT2D eigenvalue weighted by molar-refractivity contribution is -1.00. The highest BCUT2D eigenvalue weighted by Gasteiger charge is 2.25. The van der Waals surface area contributed by atoms with Crippen LogP contribution in [0.1, 0.15) is 0 Å².